The molecule has 3 amide bonds. The zero-order chi connectivity index (χ0) is 22.5. The van der Waals surface area contributed by atoms with E-state index >= 15 is 0 Å². The highest BCUT2D eigenvalue weighted by molar-refractivity contribution is 5.97. The summed E-state index contributed by atoms with van der Waals surface area (Å²) in [4.78, 5) is 45.3. The fourth-order valence-corrected chi connectivity index (χ4v) is 3.60. The first-order chi connectivity index (χ1) is 15.5. The number of aromatic amines is 1. The molecule has 3 heterocycles. The highest BCUT2D eigenvalue weighted by atomic mass is 16.2. The van der Waals surface area contributed by atoms with Gasteiger partial charge in [0.1, 0.15) is 11.7 Å². The molecule has 3 aromatic rings. The van der Waals surface area contributed by atoms with Gasteiger partial charge in [0.05, 0.1) is 5.69 Å². The average molecular weight is 432 g/mol. The Hall–Kier alpha value is -4.01. The van der Waals surface area contributed by atoms with Crippen LogP contribution in [0.4, 0.5) is 0 Å². The summed E-state index contributed by atoms with van der Waals surface area (Å²) in [5, 5.41) is 9.74. The fraction of sp³-hybridized carbons (Fsp3) is 0.261. The molecule has 0 bridgehead atoms. The third kappa shape index (κ3) is 4.66. The van der Waals surface area contributed by atoms with Crippen LogP contribution in [0.5, 0.6) is 0 Å². The van der Waals surface area contributed by atoms with Gasteiger partial charge in [-0.2, -0.15) is 5.10 Å². The predicted octanol–water partition coefficient (Wildman–Crippen LogP) is 1.57. The molecule has 0 aliphatic carbocycles. The highest BCUT2D eigenvalue weighted by Crippen LogP contribution is 2.17. The molecule has 0 spiro atoms. The van der Waals surface area contributed by atoms with Gasteiger partial charge in [-0.3, -0.25) is 24.5 Å². The molecular weight excluding hydrogens is 408 g/mol. The van der Waals surface area contributed by atoms with Gasteiger partial charge in [-0.15, -0.1) is 0 Å². The van der Waals surface area contributed by atoms with Crippen molar-refractivity contribution in [1.29, 1.82) is 0 Å². The van der Waals surface area contributed by atoms with Gasteiger partial charge in [0.25, 0.3) is 11.8 Å². The van der Waals surface area contributed by atoms with Crippen molar-refractivity contribution in [2.24, 2.45) is 0 Å². The number of nitrogens with zero attached hydrogens (tertiary/aromatic N) is 4. The van der Waals surface area contributed by atoms with Crippen LogP contribution in [0.15, 0.2) is 60.9 Å². The number of hydrogen-bond donors (Lipinski definition) is 2. The summed E-state index contributed by atoms with van der Waals surface area (Å²) < 4.78 is 0. The molecule has 2 aromatic heterocycles. The van der Waals surface area contributed by atoms with Crippen LogP contribution < -0.4 is 5.32 Å². The number of benzene rings is 1. The van der Waals surface area contributed by atoms with Crippen LogP contribution >= 0.6 is 0 Å². The number of nitrogens with one attached hydrogen (secondary N) is 2. The molecule has 4 rings (SSSR count). The van der Waals surface area contributed by atoms with Crippen molar-refractivity contribution in [1.82, 2.24) is 30.3 Å². The van der Waals surface area contributed by atoms with E-state index in [0.29, 0.717) is 43.1 Å². The topological polar surface area (TPSA) is 111 Å². The Morgan fingerprint density at radius 1 is 1.00 bits per heavy atom. The largest absolute Gasteiger partial charge is 0.341 e. The molecule has 1 aliphatic rings. The summed E-state index contributed by atoms with van der Waals surface area (Å²) in [6.07, 6.45) is 3.36. The second kappa shape index (κ2) is 9.42. The van der Waals surface area contributed by atoms with Crippen molar-refractivity contribution in [3.8, 4) is 11.3 Å². The number of pyridine rings is 1. The molecule has 9 nitrogen and oxygen atoms in total. The summed E-state index contributed by atoms with van der Waals surface area (Å²) >= 11 is 0. The van der Waals surface area contributed by atoms with Crippen LogP contribution in [-0.2, 0) is 4.79 Å². The Morgan fingerprint density at radius 2 is 1.72 bits per heavy atom. The summed E-state index contributed by atoms with van der Waals surface area (Å²) in [5.41, 5.74) is 2.38. The van der Waals surface area contributed by atoms with Gasteiger partial charge in [0.2, 0.25) is 5.91 Å². The first-order valence-electron chi connectivity index (χ1n) is 10.4. The van der Waals surface area contributed by atoms with Crippen molar-refractivity contribution in [3.63, 3.8) is 0 Å². The Bertz CT molecular complexity index is 1090. The molecule has 32 heavy (non-hydrogen) atoms. The third-order valence-electron chi connectivity index (χ3n) is 5.40. The second-order valence-electron chi connectivity index (χ2n) is 7.59. The van der Waals surface area contributed by atoms with Gasteiger partial charge in [-0.05, 0) is 37.3 Å². The summed E-state index contributed by atoms with van der Waals surface area (Å²) in [6, 6.07) is 13.5. The molecule has 2 N–H and O–H groups in total. The van der Waals surface area contributed by atoms with E-state index in [9.17, 15) is 14.4 Å². The van der Waals surface area contributed by atoms with E-state index in [0.717, 1.165) is 5.56 Å². The first-order valence-corrected chi connectivity index (χ1v) is 10.4. The summed E-state index contributed by atoms with van der Waals surface area (Å²) in [6.45, 7) is 3.29. The Balaban J connectivity index is 1.31. The van der Waals surface area contributed by atoms with E-state index in [-0.39, 0.29) is 17.7 Å². The zero-order valence-electron chi connectivity index (χ0n) is 17.7. The Morgan fingerprint density at radius 3 is 2.41 bits per heavy atom. The van der Waals surface area contributed by atoms with Crippen molar-refractivity contribution in [3.05, 3.63) is 72.2 Å². The van der Waals surface area contributed by atoms with Gasteiger partial charge in [-0.1, -0.05) is 18.2 Å². The van der Waals surface area contributed by atoms with Crippen LogP contribution in [0.2, 0.25) is 0 Å². The van der Waals surface area contributed by atoms with Crippen molar-refractivity contribution < 1.29 is 14.4 Å². The van der Waals surface area contributed by atoms with Crippen molar-refractivity contribution in [2.45, 2.75) is 13.0 Å². The highest BCUT2D eigenvalue weighted by Gasteiger charge is 2.29. The summed E-state index contributed by atoms with van der Waals surface area (Å²) in [5.74, 6) is -0.615. The fourth-order valence-electron chi connectivity index (χ4n) is 3.60. The van der Waals surface area contributed by atoms with E-state index in [1.54, 1.807) is 59.4 Å². The average Bonchev–Trinajstić information content (AvgIpc) is 3.34. The lowest BCUT2D eigenvalue weighted by Crippen LogP contribution is -2.55. The van der Waals surface area contributed by atoms with E-state index in [1.165, 1.54) is 0 Å². The third-order valence-corrected chi connectivity index (χ3v) is 5.40. The minimum Gasteiger partial charge on any atom is -0.341 e. The van der Waals surface area contributed by atoms with Crippen molar-refractivity contribution in [2.75, 3.05) is 26.2 Å². The number of amides is 3. The van der Waals surface area contributed by atoms with Gasteiger partial charge in [0.15, 0.2) is 0 Å². The molecule has 1 aliphatic heterocycles. The van der Waals surface area contributed by atoms with Crippen LogP contribution in [0, 0.1) is 0 Å². The molecule has 1 atom stereocenters. The van der Waals surface area contributed by atoms with E-state index < -0.39 is 6.04 Å². The molecule has 1 aromatic carbocycles. The maximum absolute atomic E-state index is 12.8. The molecule has 9 heteroatoms. The molecule has 0 saturated carbocycles. The van der Waals surface area contributed by atoms with E-state index in [4.69, 9.17) is 0 Å². The van der Waals surface area contributed by atoms with Gasteiger partial charge in [0, 0.05) is 49.7 Å². The number of aromatic nitrogens is 3. The normalized spacial score (nSPS) is 14.7. The van der Waals surface area contributed by atoms with Gasteiger partial charge >= 0.3 is 0 Å². The monoisotopic (exact) mass is 432 g/mol. The van der Waals surface area contributed by atoms with Gasteiger partial charge < -0.3 is 15.1 Å². The Kier molecular flexibility index (Phi) is 6.25. The molecule has 0 radical (unpaired) electrons. The minimum absolute atomic E-state index is 0.162. The van der Waals surface area contributed by atoms with E-state index in [1.807, 2.05) is 18.2 Å². The Labute approximate surface area is 185 Å². The van der Waals surface area contributed by atoms with Crippen LogP contribution in [0.1, 0.15) is 27.8 Å². The molecule has 1 saturated heterocycles. The number of hydrogen-bond acceptors (Lipinski definition) is 5. The maximum atomic E-state index is 12.8. The zero-order valence-corrected chi connectivity index (χ0v) is 17.7. The number of H-pyrrole nitrogens is 1. The second-order valence-corrected chi connectivity index (χ2v) is 7.59. The number of carbonyl (C=O) groups is 3. The van der Waals surface area contributed by atoms with Crippen LogP contribution in [-0.4, -0.2) is 74.9 Å². The minimum atomic E-state index is -0.653. The lowest BCUT2D eigenvalue weighted by atomic mass is 10.1. The quantitative estimate of drug-likeness (QED) is 0.636. The number of rotatable bonds is 5. The van der Waals surface area contributed by atoms with Crippen molar-refractivity contribution >= 4 is 17.7 Å². The van der Waals surface area contributed by atoms with Crippen LogP contribution in [0.3, 0.4) is 0 Å². The summed E-state index contributed by atoms with van der Waals surface area (Å²) in [7, 11) is 0. The molecular formula is C23H24N6O3. The first kappa shape index (κ1) is 21.2. The predicted molar refractivity (Wildman–Crippen MR) is 118 cm³/mol. The maximum Gasteiger partial charge on any atom is 0.272 e. The lowest BCUT2D eigenvalue weighted by Gasteiger charge is -2.35. The molecule has 1 fully saturated rings. The van der Waals surface area contributed by atoms with Gasteiger partial charge in [-0.25, -0.2) is 0 Å². The van der Waals surface area contributed by atoms with Crippen LogP contribution in [0.25, 0.3) is 11.3 Å². The lowest BCUT2D eigenvalue weighted by molar-refractivity contribution is -0.134. The molecule has 0 unspecified atom stereocenters. The van der Waals surface area contributed by atoms with E-state index in [2.05, 4.69) is 20.5 Å². The SMILES string of the molecule is C[C@H](NC(=O)c1ccccc1)C(=O)N1CCN(C(=O)c2cc(-c3cccnc3)n[nH]2)CC1. The smallest absolute Gasteiger partial charge is 0.272 e. The standard InChI is InChI=1S/C23H24N6O3/c1-16(25-21(30)17-6-3-2-4-7-17)22(31)28-10-12-29(13-11-28)23(32)20-14-19(26-27-20)18-8-5-9-24-15-18/h2-9,14-16H,10-13H2,1H3,(H,25,30)(H,26,27)/t16-/m0/s1. The number of carbonyl (C=O) groups excluding carboxylic acids is 3. The molecule has 164 valence electrons. The number of piperazine rings is 1.